The largest absolute Gasteiger partial charge is 0.465 e. The highest BCUT2D eigenvalue weighted by Gasteiger charge is 2.51. The van der Waals surface area contributed by atoms with E-state index < -0.39 is 11.6 Å². The van der Waals surface area contributed by atoms with Crippen molar-refractivity contribution in [1.29, 1.82) is 0 Å². The molecule has 2 amide bonds. The van der Waals surface area contributed by atoms with E-state index in [9.17, 15) is 9.59 Å². The summed E-state index contributed by atoms with van der Waals surface area (Å²) in [5.41, 5.74) is -0.613. The molecule has 0 aromatic heterocycles. The summed E-state index contributed by atoms with van der Waals surface area (Å²) < 4.78 is 0. The lowest BCUT2D eigenvalue weighted by Crippen LogP contribution is -2.57. The normalized spacial score (nSPS) is 29.0. The van der Waals surface area contributed by atoms with Crippen LogP contribution in [0.1, 0.15) is 46.5 Å². The molecular formula is C18H30N4O3. The average Bonchev–Trinajstić information content (AvgIpc) is 2.87. The molecule has 0 radical (unpaired) electrons. The highest BCUT2D eigenvalue weighted by atomic mass is 16.4. The van der Waals surface area contributed by atoms with Crippen molar-refractivity contribution in [2.24, 2.45) is 10.9 Å². The van der Waals surface area contributed by atoms with Gasteiger partial charge in [-0.1, -0.05) is 13.8 Å². The van der Waals surface area contributed by atoms with Crippen LogP contribution in [0.4, 0.5) is 4.79 Å². The van der Waals surface area contributed by atoms with Gasteiger partial charge in [0.15, 0.2) is 5.54 Å². The smallest absolute Gasteiger partial charge is 0.407 e. The quantitative estimate of drug-likeness (QED) is 0.843. The summed E-state index contributed by atoms with van der Waals surface area (Å²) in [6, 6.07) is 0.356. The summed E-state index contributed by atoms with van der Waals surface area (Å²) in [6.45, 7) is 9.69. The molecule has 3 aliphatic heterocycles. The lowest BCUT2D eigenvalue weighted by Gasteiger charge is -2.44. The summed E-state index contributed by atoms with van der Waals surface area (Å²) in [7, 11) is 0. The fourth-order valence-electron chi connectivity index (χ4n) is 4.50. The topological polar surface area (TPSA) is 76.5 Å². The van der Waals surface area contributed by atoms with Crippen LogP contribution in [0.2, 0.25) is 0 Å². The van der Waals surface area contributed by atoms with Gasteiger partial charge in [-0.15, -0.1) is 0 Å². The van der Waals surface area contributed by atoms with Crippen LogP contribution in [0, 0.1) is 5.92 Å². The van der Waals surface area contributed by atoms with Gasteiger partial charge in [-0.2, -0.15) is 0 Å². The first-order valence-electron chi connectivity index (χ1n) is 9.51. The SMILES string of the molecule is CCN1C(=O)C2(CCCN(C3CCN(C(=O)O)CC3)C2)N=C1C(C)C. The third-order valence-electron chi connectivity index (χ3n) is 5.83. The standard InChI is InChI=1S/C18H30N4O3/c1-4-22-15(13(2)3)19-18(16(22)23)8-5-9-21(12-18)14-6-10-20(11-7-14)17(24)25/h13-14H,4-12H2,1-3H3,(H,24,25). The number of likely N-dealkylation sites (tertiary alicyclic amines) is 2. The van der Waals surface area contributed by atoms with Crippen molar-refractivity contribution < 1.29 is 14.7 Å². The van der Waals surface area contributed by atoms with Crippen LogP contribution in [-0.4, -0.2) is 81.9 Å². The van der Waals surface area contributed by atoms with Crippen molar-refractivity contribution >= 4 is 17.8 Å². The second-order valence-electron chi connectivity index (χ2n) is 7.78. The number of amides is 2. The molecule has 1 unspecified atom stereocenters. The van der Waals surface area contributed by atoms with Gasteiger partial charge in [0.2, 0.25) is 0 Å². The summed E-state index contributed by atoms with van der Waals surface area (Å²) in [4.78, 5) is 34.9. The minimum absolute atomic E-state index is 0.159. The molecule has 7 nitrogen and oxygen atoms in total. The van der Waals surface area contributed by atoms with Crippen LogP contribution < -0.4 is 0 Å². The Morgan fingerprint density at radius 3 is 2.52 bits per heavy atom. The van der Waals surface area contributed by atoms with E-state index in [0.717, 1.165) is 38.1 Å². The predicted molar refractivity (Wildman–Crippen MR) is 95.8 cm³/mol. The van der Waals surface area contributed by atoms with Crippen molar-refractivity contribution in [3.8, 4) is 0 Å². The van der Waals surface area contributed by atoms with Crippen LogP contribution in [0.5, 0.6) is 0 Å². The summed E-state index contributed by atoms with van der Waals surface area (Å²) in [5.74, 6) is 1.33. The van der Waals surface area contributed by atoms with Gasteiger partial charge in [0.05, 0.1) is 0 Å². The molecule has 140 valence electrons. The van der Waals surface area contributed by atoms with E-state index in [-0.39, 0.29) is 11.8 Å². The van der Waals surface area contributed by atoms with E-state index >= 15 is 0 Å². The van der Waals surface area contributed by atoms with Crippen LogP contribution in [0.15, 0.2) is 4.99 Å². The van der Waals surface area contributed by atoms with Gasteiger partial charge in [0.25, 0.3) is 5.91 Å². The molecule has 2 saturated heterocycles. The van der Waals surface area contributed by atoms with Crippen LogP contribution in [0.3, 0.4) is 0 Å². The molecule has 2 fully saturated rings. The molecule has 1 N–H and O–H groups in total. The number of carboxylic acid groups (broad SMARTS) is 1. The van der Waals surface area contributed by atoms with Crippen LogP contribution >= 0.6 is 0 Å². The monoisotopic (exact) mass is 350 g/mol. The number of piperidine rings is 2. The maximum absolute atomic E-state index is 13.1. The zero-order chi connectivity index (χ0) is 18.2. The van der Waals surface area contributed by atoms with Gasteiger partial charge in [-0.3, -0.25) is 19.6 Å². The second kappa shape index (κ2) is 6.94. The van der Waals surface area contributed by atoms with E-state index in [1.807, 2.05) is 11.8 Å². The number of likely N-dealkylation sites (N-methyl/N-ethyl adjacent to an activating group) is 1. The number of carbonyl (C=O) groups is 2. The molecule has 7 heteroatoms. The fraction of sp³-hybridized carbons (Fsp3) is 0.833. The Bertz CT molecular complexity index is 569. The van der Waals surface area contributed by atoms with Crippen molar-refractivity contribution in [1.82, 2.24) is 14.7 Å². The van der Waals surface area contributed by atoms with Crippen LogP contribution in [0.25, 0.3) is 0 Å². The van der Waals surface area contributed by atoms with Crippen LogP contribution in [-0.2, 0) is 4.79 Å². The van der Waals surface area contributed by atoms with E-state index in [1.54, 1.807) is 0 Å². The molecule has 0 aromatic carbocycles. The third kappa shape index (κ3) is 3.26. The summed E-state index contributed by atoms with van der Waals surface area (Å²) >= 11 is 0. The molecule has 1 atom stereocenters. The third-order valence-corrected chi connectivity index (χ3v) is 5.83. The highest BCUT2D eigenvalue weighted by molar-refractivity contribution is 6.09. The molecule has 0 aromatic rings. The lowest BCUT2D eigenvalue weighted by atomic mass is 9.87. The van der Waals surface area contributed by atoms with Gasteiger partial charge in [0.1, 0.15) is 5.84 Å². The first-order valence-corrected chi connectivity index (χ1v) is 9.51. The van der Waals surface area contributed by atoms with E-state index in [4.69, 9.17) is 10.1 Å². The number of nitrogens with zero attached hydrogens (tertiary/aromatic N) is 4. The Balaban J connectivity index is 1.73. The molecule has 3 heterocycles. The van der Waals surface area contributed by atoms with Crippen molar-refractivity contribution in [2.45, 2.75) is 58.0 Å². The maximum atomic E-state index is 13.1. The molecule has 3 aliphatic rings. The molecule has 3 rings (SSSR count). The minimum Gasteiger partial charge on any atom is -0.465 e. The van der Waals surface area contributed by atoms with E-state index in [2.05, 4.69) is 18.7 Å². The van der Waals surface area contributed by atoms with Gasteiger partial charge in [0, 0.05) is 38.1 Å². The van der Waals surface area contributed by atoms with Gasteiger partial charge < -0.3 is 10.0 Å². The molecule has 1 spiro atoms. The van der Waals surface area contributed by atoms with Crippen molar-refractivity contribution in [2.75, 3.05) is 32.7 Å². The Morgan fingerprint density at radius 1 is 1.32 bits per heavy atom. The van der Waals surface area contributed by atoms with E-state index in [1.165, 1.54) is 4.90 Å². The summed E-state index contributed by atoms with van der Waals surface area (Å²) in [6.07, 6.45) is 2.65. The molecule has 0 saturated carbocycles. The number of aliphatic imine (C=N–C) groups is 1. The first kappa shape index (κ1) is 18.2. The van der Waals surface area contributed by atoms with Crippen molar-refractivity contribution in [3.05, 3.63) is 0 Å². The Kier molecular flexibility index (Phi) is 5.04. The zero-order valence-electron chi connectivity index (χ0n) is 15.6. The van der Waals surface area contributed by atoms with Gasteiger partial charge in [-0.25, -0.2) is 4.79 Å². The lowest BCUT2D eigenvalue weighted by molar-refractivity contribution is -0.133. The Labute approximate surface area is 149 Å². The predicted octanol–water partition coefficient (Wildman–Crippen LogP) is 1.88. The van der Waals surface area contributed by atoms with Gasteiger partial charge >= 0.3 is 6.09 Å². The van der Waals surface area contributed by atoms with E-state index in [0.29, 0.717) is 32.2 Å². The Morgan fingerprint density at radius 2 is 2.00 bits per heavy atom. The zero-order valence-corrected chi connectivity index (χ0v) is 15.6. The molecule has 0 bridgehead atoms. The Hall–Kier alpha value is -1.63. The number of rotatable bonds is 3. The number of amidine groups is 1. The maximum Gasteiger partial charge on any atom is 0.407 e. The average molecular weight is 350 g/mol. The van der Waals surface area contributed by atoms with Crippen molar-refractivity contribution in [3.63, 3.8) is 0 Å². The second-order valence-corrected chi connectivity index (χ2v) is 7.78. The molecule has 25 heavy (non-hydrogen) atoms. The number of carbonyl (C=O) groups excluding carboxylic acids is 1. The first-order chi connectivity index (χ1) is 11.9. The summed E-state index contributed by atoms with van der Waals surface area (Å²) in [5, 5.41) is 9.12. The minimum atomic E-state index is -0.829. The number of hydrogen-bond donors (Lipinski definition) is 1. The fourth-order valence-corrected chi connectivity index (χ4v) is 4.50. The number of hydrogen-bond acceptors (Lipinski definition) is 4. The van der Waals surface area contributed by atoms with Gasteiger partial charge in [-0.05, 0) is 39.2 Å². The molecular weight excluding hydrogens is 320 g/mol. The highest BCUT2D eigenvalue weighted by Crippen LogP contribution is 2.35. The molecule has 0 aliphatic carbocycles.